The molecule has 0 N–H and O–H groups in total. The van der Waals surface area contributed by atoms with Crippen molar-refractivity contribution in [3.63, 3.8) is 0 Å². The molecule has 0 saturated carbocycles. The van der Waals surface area contributed by atoms with Gasteiger partial charge in [0.05, 0.1) is 0 Å². The summed E-state index contributed by atoms with van der Waals surface area (Å²) in [6.45, 7) is 6.82. The molecule has 0 unspecified atom stereocenters. The third-order valence-electron chi connectivity index (χ3n) is 6.26. The van der Waals surface area contributed by atoms with E-state index in [1.165, 1.54) is 51.8 Å². The first-order valence-electron chi connectivity index (χ1n) is 11.6. The van der Waals surface area contributed by atoms with Crippen LogP contribution in [0.4, 0.5) is 10.1 Å². The van der Waals surface area contributed by atoms with Crippen LogP contribution in [-0.4, -0.2) is 32.5 Å². The summed E-state index contributed by atoms with van der Waals surface area (Å²) in [7, 11) is 4.03. The first-order chi connectivity index (χ1) is 14.0. The van der Waals surface area contributed by atoms with Gasteiger partial charge in [-0.05, 0) is 0 Å². The van der Waals surface area contributed by atoms with Gasteiger partial charge in [0, 0.05) is 0 Å². The number of nitrogens with zero attached hydrogens (tertiary/aromatic N) is 1. The van der Waals surface area contributed by atoms with E-state index in [9.17, 15) is 0 Å². The van der Waals surface area contributed by atoms with Crippen LogP contribution in [0.5, 0.6) is 0 Å². The molecule has 29 heavy (non-hydrogen) atoms. The van der Waals surface area contributed by atoms with Crippen LogP contribution >= 0.6 is 0 Å². The van der Waals surface area contributed by atoms with Crippen LogP contribution < -0.4 is 8.48 Å². The average molecular weight is 504 g/mol. The van der Waals surface area contributed by atoms with Crippen molar-refractivity contribution in [3.8, 4) is 11.1 Å². The van der Waals surface area contributed by atoms with Crippen molar-refractivity contribution in [1.82, 2.24) is 0 Å². The molecular weight excluding hydrogens is 464 g/mol. The molecule has 2 aromatic rings. The van der Waals surface area contributed by atoms with Crippen molar-refractivity contribution >= 4 is 27.6 Å². The van der Waals surface area contributed by atoms with E-state index in [-0.39, 0.29) is 5.82 Å². The number of hydrogen-bond acceptors (Lipinski definition) is 1. The van der Waals surface area contributed by atoms with E-state index in [2.05, 4.69) is 49.9 Å². The molecule has 0 bridgehead atoms. The Kier molecular flexibility index (Phi) is 10.0. The molecule has 0 aromatic heterocycles. The quantitative estimate of drug-likeness (QED) is 0.269. The Morgan fingerprint density at radius 3 is 1.72 bits per heavy atom. The first-order valence-corrected chi connectivity index (χ1v) is 19.0. The van der Waals surface area contributed by atoms with E-state index in [1.54, 1.807) is 0 Å². The van der Waals surface area contributed by atoms with Crippen molar-refractivity contribution < 1.29 is 4.39 Å². The summed E-state index contributed by atoms with van der Waals surface area (Å²) in [5.41, 5.74) is 2.79. The average Bonchev–Trinajstić information content (AvgIpc) is 2.74. The predicted octanol–water partition coefficient (Wildman–Crippen LogP) is 7.61. The Bertz CT molecular complexity index is 720. The summed E-state index contributed by atoms with van der Waals surface area (Å²) in [5, 5.41) is 0. The topological polar surface area (TPSA) is 3.24 Å². The fraction of sp³-hybridized carbons (Fsp3) is 0.538. The van der Waals surface area contributed by atoms with Crippen LogP contribution in [-0.2, 0) is 0 Å². The van der Waals surface area contributed by atoms with Crippen molar-refractivity contribution in [2.45, 2.75) is 72.6 Å². The summed E-state index contributed by atoms with van der Waals surface area (Å²) >= 11 is -2.84. The monoisotopic (exact) mass is 505 g/mol. The fourth-order valence-electron chi connectivity index (χ4n) is 4.55. The van der Waals surface area contributed by atoms with Gasteiger partial charge in [-0.2, -0.15) is 0 Å². The van der Waals surface area contributed by atoms with E-state index in [1.807, 2.05) is 32.3 Å². The maximum atomic E-state index is 16.4. The van der Waals surface area contributed by atoms with Gasteiger partial charge in [-0.3, -0.25) is 0 Å². The molecule has 3 heteroatoms. The molecule has 0 spiro atoms. The van der Waals surface area contributed by atoms with Gasteiger partial charge in [0.1, 0.15) is 0 Å². The molecule has 160 valence electrons. The minimum absolute atomic E-state index is 0.0847. The van der Waals surface area contributed by atoms with E-state index >= 15 is 4.39 Å². The molecular formula is C26H40FNSn. The predicted molar refractivity (Wildman–Crippen MR) is 131 cm³/mol. The second-order valence-corrected chi connectivity index (χ2v) is 21.8. The number of benzene rings is 2. The van der Waals surface area contributed by atoms with Crippen molar-refractivity contribution in [2.24, 2.45) is 0 Å². The van der Waals surface area contributed by atoms with Crippen LogP contribution in [0.25, 0.3) is 11.1 Å². The number of halogens is 1. The van der Waals surface area contributed by atoms with Crippen molar-refractivity contribution in [1.29, 1.82) is 0 Å². The van der Waals surface area contributed by atoms with Gasteiger partial charge in [-0.15, -0.1) is 0 Å². The van der Waals surface area contributed by atoms with Gasteiger partial charge in [0.2, 0.25) is 0 Å². The Morgan fingerprint density at radius 1 is 0.759 bits per heavy atom. The van der Waals surface area contributed by atoms with Gasteiger partial charge in [-0.1, -0.05) is 0 Å². The molecule has 1 nitrogen and oxygen atoms in total. The van der Waals surface area contributed by atoms with E-state index in [0.717, 1.165) is 20.4 Å². The Hall–Kier alpha value is -1.03. The van der Waals surface area contributed by atoms with Crippen LogP contribution in [0, 0.1) is 5.82 Å². The second-order valence-electron chi connectivity index (χ2n) is 8.67. The third kappa shape index (κ3) is 5.99. The van der Waals surface area contributed by atoms with Crippen LogP contribution in [0.1, 0.15) is 59.3 Å². The van der Waals surface area contributed by atoms with Gasteiger partial charge >= 0.3 is 183 Å². The molecule has 0 aliphatic rings. The summed E-state index contributed by atoms with van der Waals surface area (Å²) in [5.74, 6) is 0.0847. The SMILES string of the molecule is CCC[CH2][Sn]([CH2]CCC)([CH2]CCC)[c]1ccc(N(C)C)c(-c2ccccc2)c1F. The Morgan fingerprint density at radius 2 is 1.28 bits per heavy atom. The maximum absolute atomic E-state index is 16.4. The van der Waals surface area contributed by atoms with Gasteiger partial charge < -0.3 is 0 Å². The fourth-order valence-corrected chi connectivity index (χ4v) is 20.8. The number of rotatable bonds is 12. The number of anilines is 1. The normalized spacial score (nSPS) is 11.7. The minimum atomic E-state index is -2.84. The summed E-state index contributed by atoms with van der Waals surface area (Å²) in [4.78, 5) is 2.05. The van der Waals surface area contributed by atoms with Crippen LogP contribution in [0.2, 0.25) is 13.3 Å². The molecule has 0 heterocycles. The zero-order valence-corrected chi connectivity index (χ0v) is 22.1. The van der Waals surface area contributed by atoms with Gasteiger partial charge in [0.25, 0.3) is 0 Å². The Labute approximate surface area is 182 Å². The van der Waals surface area contributed by atoms with E-state index in [0.29, 0.717) is 0 Å². The first kappa shape index (κ1) is 24.2. The van der Waals surface area contributed by atoms with Crippen LogP contribution in [0.3, 0.4) is 0 Å². The second kappa shape index (κ2) is 12.0. The zero-order chi connectivity index (χ0) is 21.3. The molecule has 2 rings (SSSR count). The third-order valence-corrected chi connectivity index (χ3v) is 21.8. The summed E-state index contributed by atoms with van der Waals surface area (Å²) < 4.78 is 21.4. The molecule has 0 radical (unpaired) electrons. The molecule has 0 saturated heterocycles. The molecule has 0 amide bonds. The standard InChI is InChI=1S/C14H13FN.3C4H9.Sn/c1-16(2)13-10-6-9-12(15)14(13)11-7-4-3-5-8-11;3*1-3-4-2;/h3-8,10H,1-2H3;3*1,3-4H2,2H3;. The van der Waals surface area contributed by atoms with Crippen molar-refractivity contribution in [2.75, 3.05) is 19.0 Å². The summed E-state index contributed by atoms with van der Waals surface area (Å²) in [6.07, 6.45) is 7.37. The zero-order valence-electron chi connectivity index (χ0n) is 19.2. The molecule has 0 aliphatic carbocycles. The van der Waals surface area contributed by atoms with Gasteiger partial charge in [0.15, 0.2) is 0 Å². The molecule has 2 aromatic carbocycles. The molecule has 0 fully saturated rings. The number of hydrogen-bond donors (Lipinski definition) is 0. The molecule has 0 atom stereocenters. The van der Waals surface area contributed by atoms with Gasteiger partial charge in [-0.25, -0.2) is 0 Å². The summed E-state index contributed by atoms with van der Waals surface area (Å²) in [6, 6.07) is 14.5. The Balaban J connectivity index is 2.69. The van der Waals surface area contributed by atoms with E-state index < -0.39 is 18.4 Å². The van der Waals surface area contributed by atoms with Crippen LogP contribution in [0.15, 0.2) is 42.5 Å². The molecule has 0 aliphatic heterocycles. The van der Waals surface area contributed by atoms with Crippen molar-refractivity contribution in [3.05, 3.63) is 48.3 Å². The van der Waals surface area contributed by atoms with E-state index in [4.69, 9.17) is 0 Å². The number of unbranched alkanes of at least 4 members (excludes halogenated alkanes) is 3.